The van der Waals surface area contributed by atoms with Crippen molar-refractivity contribution in [2.75, 3.05) is 6.61 Å². The Kier molecular flexibility index (Phi) is 6.17. The third-order valence-electron chi connectivity index (χ3n) is 6.86. The van der Waals surface area contributed by atoms with Crippen molar-refractivity contribution in [3.05, 3.63) is 85.4 Å². The Balaban J connectivity index is 1.17. The number of hydrogen-bond donors (Lipinski definition) is 0. The highest BCUT2D eigenvalue weighted by atomic mass is 35.5. The number of thiazole rings is 1. The Morgan fingerprint density at radius 2 is 1.89 bits per heavy atom. The summed E-state index contributed by atoms with van der Waals surface area (Å²) >= 11 is 12.8. The molecule has 1 fully saturated rings. The molecule has 1 aliphatic carbocycles. The first kappa shape index (κ1) is 24.9. The molecule has 0 radical (unpaired) electrons. The van der Waals surface area contributed by atoms with E-state index in [9.17, 15) is 9.59 Å². The van der Waals surface area contributed by atoms with Crippen LogP contribution in [0, 0.1) is 17.3 Å². The molecule has 2 aliphatic rings. The number of nitrogens with zero attached hydrogens (tertiary/aromatic N) is 3. The molecule has 2 aromatic heterocycles. The van der Waals surface area contributed by atoms with Gasteiger partial charge in [-0.2, -0.15) is 9.50 Å². The molecule has 0 N–H and O–H groups in total. The van der Waals surface area contributed by atoms with Crippen LogP contribution in [-0.2, 0) is 4.79 Å². The maximum absolute atomic E-state index is 13.0. The minimum absolute atomic E-state index is 0.0667. The zero-order chi connectivity index (χ0) is 26.6. The van der Waals surface area contributed by atoms with Gasteiger partial charge in [0.2, 0.25) is 4.96 Å². The molecule has 6 rings (SSSR count). The second kappa shape index (κ2) is 9.41. The number of rotatable bonds is 5. The molecule has 1 saturated carbocycles. The van der Waals surface area contributed by atoms with E-state index in [2.05, 4.69) is 10.1 Å². The molecular weight excluding hydrogens is 549 g/mol. The summed E-state index contributed by atoms with van der Waals surface area (Å²) in [6.45, 7) is 4.20. The molecule has 0 saturated heterocycles. The van der Waals surface area contributed by atoms with Gasteiger partial charge in [-0.25, -0.2) is 0 Å². The first-order valence-electron chi connectivity index (χ1n) is 11.8. The number of ether oxygens (including phenoxy) is 3. The van der Waals surface area contributed by atoms with Gasteiger partial charge in [0.05, 0.1) is 10.5 Å². The normalized spacial score (nSPS) is 21.8. The minimum Gasteiger partial charge on any atom is -0.485 e. The van der Waals surface area contributed by atoms with Crippen LogP contribution in [0.2, 0.25) is 0 Å². The second-order valence-corrected chi connectivity index (χ2v) is 11.7. The number of carbonyl (C=O) groups is 1. The van der Waals surface area contributed by atoms with Crippen LogP contribution in [0.25, 0.3) is 11.0 Å². The van der Waals surface area contributed by atoms with Crippen molar-refractivity contribution in [2.24, 2.45) is 17.3 Å². The average Bonchev–Trinajstić information content (AvgIpc) is 3.15. The van der Waals surface area contributed by atoms with Crippen LogP contribution >= 0.6 is 34.5 Å². The molecule has 0 unspecified atom stereocenters. The minimum atomic E-state index is -0.501. The van der Waals surface area contributed by atoms with Crippen molar-refractivity contribution >= 4 is 51.5 Å². The molecular formula is C27H21Cl2N3O5S. The maximum Gasteiger partial charge on any atom is 0.315 e. The first-order chi connectivity index (χ1) is 18.2. The monoisotopic (exact) mass is 569 g/mol. The highest BCUT2D eigenvalue weighted by Gasteiger charge is 2.61. The summed E-state index contributed by atoms with van der Waals surface area (Å²) in [5.41, 5.74) is 0.230. The van der Waals surface area contributed by atoms with Gasteiger partial charge in [0.15, 0.2) is 23.4 Å². The molecule has 11 heteroatoms. The molecule has 0 amide bonds. The van der Waals surface area contributed by atoms with E-state index < -0.39 is 6.10 Å². The molecule has 194 valence electrons. The van der Waals surface area contributed by atoms with Crippen LogP contribution in [0.1, 0.15) is 31.3 Å². The standard InChI is InChI=1S/C27H21Cl2N3O5S/c1-27(2)16(12-21(28)29)22(27)25(34)36-15-9-7-14(8-10-15)11-20-24(33)32-26(38-20)30-23(31-32)19-13-35-17-5-3-4-6-18(17)37-19/h3-12,16,19,22H,13H2,1-2H3/b20-11+/t16-,19-,22-/m0/s1. The van der Waals surface area contributed by atoms with Crippen molar-refractivity contribution in [1.29, 1.82) is 0 Å². The predicted molar refractivity (Wildman–Crippen MR) is 144 cm³/mol. The zero-order valence-electron chi connectivity index (χ0n) is 20.3. The van der Waals surface area contributed by atoms with Gasteiger partial charge in [-0.1, -0.05) is 72.7 Å². The number of para-hydroxylation sites is 2. The summed E-state index contributed by atoms with van der Waals surface area (Å²) in [4.78, 5) is 30.6. The van der Waals surface area contributed by atoms with E-state index in [1.807, 2.05) is 38.1 Å². The Morgan fingerprint density at radius 3 is 2.61 bits per heavy atom. The summed E-state index contributed by atoms with van der Waals surface area (Å²) in [7, 11) is 0. The number of benzene rings is 2. The predicted octanol–water partition coefficient (Wildman–Crippen LogP) is 4.71. The number of esters is 1. The molecule has 0 spiro atoms. The molecule has 2 aromatic carbocycles. The van der Waals surface area contributed by atoms with Crippen LogP contribution in [0.3, 0.4) is 0 Å². The molecule has 0 bridgehead atoms. The average molecular weight is 570 g/mol. The van der Waals surface area contributed by atoms with Crippen LogP contribution in [-0.4, -0.2) is 27.2 Å². The van der Waals surface area contributed by atoms with Crippen molar-refractivity contribution < 1.29 is 19.0 Å². The van der Waals surface area contributed by atoms with Crippen molar-refractivity contribution in [1.82, 2.24) is 14.6 Å². The maximum atomic E-state index is 13.0. The van der Waals surface area contributed by atoms with Gasteiger partial charge in [0, 0.05) is 0 Å². The van der Waals surface area contributed by atoms with Crippen molar-refractivity contribution in [3.63, 3.8) is 0 Å². The molecule has 38 heavy (non-hydrogen) atoms. The number of carbonyl (C=O) groups excluding carboxylic acids is 1. The molecule has 4 aromatic rings. The van der Waals surface area contributed by atoms with Crippen molar-refractivity contribution in [3.8, 4) is 17.2 Å². The van der Waals surface area contributed by atoms with Gasteiger partial charge in [-0.3, -0.25) is 9.59 Å². The van der Waals surface area contributed by atoms with Crippen LogP contribution in [0.5, 0.6) is 17.2 Å². The van der Waals surface area contributed by atoms with Gasteiger partial charge in [0.25, 0.3) is 5.56 Å². The van der Waals surface area contributed by atoms with E-state index in [0.29, 0.717) is 32.6 Å². The lowest BCUT2D eigenvalue weighted by molar-refractivity contribution is -0.136. The molecule has 1 aliphatic heterocycles. The van der Waals surface area contributed by atoms with E-state index in [-0.39, 0.29) is 39.9 Å². The van der Waals surface area contributed by atoms with Gasteiger partial charge in [-0.15, -0.1) is 5.10 Å². The fourth-order valence-electron chi connectivity index (χ4n) is 4.67. The summed E-state index contributed by atoms with van der Waals surface area (Å²) in [6, 6.07) is 14.3. The lowest BCUT2D eigenvalue weighted by Gasteiger charge is -2.24. The largest absolute Gasteiger partial charge is 0.485 e. The third kappa shape index (κ3) is 4.55. The highest BCUT2D eigenvalue weighted by molar-refractivity contribution is 7.15. The van der Waals surface area contributed by atoms with Crippen LogP contribution in [0.15, 0.2) is 63.9 Å². The topological polar surface area (TPSA) is 92.0 Å². The smallest absolute Gasteiger partial charge is 0.315 e. The van der Waals surface area contributed by atoms with E-state index >= 15 is 0 Å². The van der Waals surface area contributed by atoms with Crippen LogP contribution in [0.4, 0.5) is 0 Å². The Hall–Kier alpha value is -3.40. The Morgan fingerprint density at radius 1 is 1.16 bits per heavy atom. The third-order valence-corrected chi connectivity index (χ3v) is 8.07. The van der Waals surface area contributed by atoms with Gasteiger partial charge < -0.3 is 14.2 Å². The lowest BCUT2D eigenvalue weighted by Crippen LogP contribution is -2.26. The van der Waals surface area contributed by atoms with Crippen LogP contribution < -0.4 is 24.3 Å². The number of aromatic nitrogens is 3. The first-order valence-corrected chi connectivity index (χ1v) is 13.4. The van der Waals surface area contributed by atoms with Crippen molar-refractivity contribution in [2.45, 2.75) is 20.0 Å². The fraction of sp³-hybridized carbons (Fsp3) is 0.259. The fourth-order valence-corrected chi connectivity index (χ4v) is 5.86. The van der Waals surface area contributed by atoms with Gasteiger partial charge >= 0.3 is 5.97 Å². The summed E-state index contributed by atoms with van der Waals surface area (Å²) in [5.74, 6) is 1.38. The lowest BCUT2D eigenvalue weighted by atomic mass is 10.1. The number of fused-ring (bicyclic) bond motifs is 2. The summed E-state index contributed by atoms with van der Waals surface area (Å²) in [6.07, 6.45) is 2.93. The second-order valence-electron chi connectivity index (χ2n) is 9.72. The number of hydrogen-bond acceptors (Lipinski definition) is 8. The quantitative estimate of drug-likeness (QED) is 0.254. The number of halogens is 2. The molecule has 3 heterocycles. The van der Waals surface area contributed by atoms with Gasteiger partial charge in [-0.05, 0) is 53.3 Å². The van der Waals surface area contributed by atoms with Gasteiger partial charge in [0.1, 0.15) is 16.8 Å². The Bertz CT molecular complexity index is 1690. The number of allylic oxidation sites excluding steroid dienone is 1. The highest BCUT2D eigenvalue weighted by Crippen LogP contribution is 2.60. The molecule has 3 atom stereocenters. The van der Waals surface area contributed by atoms with E-state index in [1.165, 1.54) is 15.9 Å². The molecule has 8 nitrogen and oxygen atoms in total. The summed E-state index contributed by atoms with van der Waals surface area (Å²) in [5, 5.41) is 4.38. The van der Waals surface area contributed by atoms with E-state index in [0.717, 1.165) is 5.56 Å². The summed E-state index contributed by atoms with van der Waals surface area (Å²) < 4.78 is 19.2. The van der Waals surface area contributed by atoms with E-state index in [4.69, 9.17) is 37.4 Å². The SMILES string of the molecule is CC1(C)[C@H](C(=O)Oc2ccc(/C=c3/sc4nc([C@@H]5COc6ccccc6O5)nn4c3=O)cc2)[C@@H]1C=C(Cl)Cl. The zero-order valence-corrected chi connectivity index (χ0v) is 22.6. The Labute approximate surface area is 231 Å². The van der Waals surface area contributed by atoms with E-state index in [1.54, 1.807) is 36.4 Å².